The summed E-state index contributed by atoms with van der Waals surface area (Å²) in [4.78, 5) is 46.0. The van der Waals surface area contributed by atoms with Crippen molar-refractivity contribution >= 4 is 29.0 Å². The Morgan fingerprint density at radius 1 is 0.571 bits per heavy atom. The summed E-state index contributed by atoms with van der Waals surface area (Å²) in [6.07, 6.45) is 21.5. The Morgan fingerprint density at radius 3 is 1.71 bits per heavy atom. The molecule has 6 aliphatic rings. The number of fused-ring (bicyclic) bond motifs is 6. The normalized spacial score (nSPS) is 34.3. The molecule has 2 amide bonds. The maximum absolute atomic E-state index is 14.2. The SMILES string of the molecule is O=C1/C(=C/C=CC=CC2=C([O-])C3C4CCCCC4CCC3N(c3ccccc3)C2=O)C(=O)N(c2ccccc2)C2CCC3CCCCC3C12. The lowest BCUT2D eigenvalue weighted by Crippen LogP contribution is -2.59. The summed E-state index contributed by atoms with van der Waals surface area (Å²) in [7, 11) is 0. The fourth-order valence-electron chi connectivity index (χ4n) is 10.8. The lowest BCUT2D eigenvalue weighted by Gasteiger charge is -2.54. The lowest BCUT2D eigenvalue weighted by atomic mass is 9.60. The molecule has 1 saturated heterocycles. The van der Waals surface area contributed by atoms with Gasteiger partial charge >= 0.3 is 0 Å². The Morgan fingerprint density at radius 2 is 1.10 bits per heavy atom. The van der Waals surface area contributed by atoms with Crippen molar-refractivity contribution in [3.8, 4) is 0 Å². The van der Waals surface area contributed by atoms with E-state index in [0.717, 1.165) is 62.7 Å². The molecule has 2 aromatic carbocycles. The van der Waals surface area contributed by atoms with Gasteiger partial charge in [0.15, 0.2) is 5.78 Å². The summed E-state index contributed by atoms with van der Waals surface area (Å²) >= 11 is 0. The van der Waals surface area contributed by atoms with Gasteiger partial charge in [0.1, 0.15) is 0 Å². The Balaban J connectivity index is 1.10. The molecule has 6 heteroatoms. The molecule has 8 unspecified atom stereocenters. The zero-order valence-electron chi connectivity index (χ0n) is 28.3. The van der Waals surface area contributed by atoms with E-state index in [0.29, 0.717) is 23.7 Å². The number of hydrogen-bond acceptors (Lipinski definition) is 4. The molecule has 0 aromatic heterocycles. The van der Waals surface area contributed by atoms with Crippen molar-refractivity contribution in [2.75, 3.05) is 9.80 Å². The zero-order chi connectivity index (χ0) is 33.5. The summed E-state index contributed by atoms with van der Waals surface area (Å²) in [6.45, 7) is 0. The molecule has 4 aliphatic carbocycles. The maximum atomic E-state index is 14.2. The minimum absolute atomic E-state index is 0.0247. The number of para-hydroxylation sites is 2. The molecule has 2 aliphatic heterocycles. The molecule has 49 heavy (non-hydrogen) atoms. The molecule has 254 valence electrons. The zero-order valence-corrected chi connectivity index (χ0v) is 28.3. The molecule has 0 spiro atoms. The number of benzene rings is 2. The first-order valence-electron chi connectivity index (χ1n) is 18.8. The number of rotatable bonds is 5. The smallest absolute Gasteiger partial charge is 0.262 e. The minimum atomic E-state index is -0.240. The van der Waals surface area contributed by atoms with E-state index in [1.165, 1.54) is 25.7 Å². The number of carbonyl (C=O) groups is 3. The van der Waals surface area contributed by atoms with E-state index in [1.54, 1.807) is 30.4 Å². The predicted molar refractivity (Wildman–Crippen MR) is 190 cm³/mol. The van der Waals surface area contributed by atoms with Crippen LogP contribution in [-0.2, 0) is 14.4 Å². The molecule has 0 N–H and O–H groups in total. The molecule has 0 bridgehead atoms. The highest BCUT2D eigenvalue weighted by Gasteiger charge is 2.52. The first kappa shape index (κ1) is 32.0. The van der Waals surface area contributed by atoms with Crippen molar-refractivity contribution < 1.29 is 19.5 Å². The molecule has 2 heterocycles. The van der Waals surface area contributed by atoms with Gasteiger partial charge in [-0.15, -0.1) is 5.76 Å². The number of ketones is 1. The van der Waals surface area contributed by atoms with Gasteiger partial charge in [0.25, 0.3) is 11.8 Å². The van der Waals surface area contributed by atoms with E-state index >= 15 is 0 Å². The van der Waals surface area contributed by atoms with Crippen LogP contribution < -0.4 is 14.9 Å². The molecule has 4 saturated carbocycles. The number of allylic oxidation sites excluding steroid dienone is 4. The van der Waals surface area contributed by atoms with Crippen molar-refractivity contribution in [1.29, 1.82) is 0 Å². The largest absolute Gasteiger partial charge is 0.875 e. The minimum Gasteiger partial charge on any atom is -0.875 e. The quantitative estimate of drug-likeness (QED) is 0.190. The summed E-state index contributed by atoms with van der Waals surface area (Å²) in [5.41, 5.74) is 2.13. The topological polar surface area (TPSA) is 80.7 Å². The van der Waals surface area contributed by atoms with Crippen LogP contribution in [0.25, 0.3) is 0 Å². The van der Waals surface area contributed by atoms with Crippen LogP contribution in [0.15, 0.2) is 108 Å². The van der Waals surface area contributed by atoms with Gasteiger partial charge in [-0.05, 0) is 98.5 Å². The van der Waals surface area contributed by atoms with Gasteiger partial charge in [0.2, 0.25) is 0 Å². The highest BCUT2D eigenvalue weighted by Crippen LogP contribution is 2.51. The second-order valence-corrected chi connectivity index (χ2v) is 15.2. The summed E-state index contributed by atoms with van der Waals surface area (Å²) in [5.74, 6) is 0.828. The van der Waals surface area contributed by atoms with Crippen molar-refractivity contribution in [3.05, 3.63) is 108 Å². The Labute approximate surface area is 290 Å². The maximum Gasteiger partial charge on any atom is 0.262 e. The summed E-state index contributed by atoms with van der Waals surface area (Å²) < 4.78 is 0. The van der Waals surface area contributed by atoms with Gasteiger partial charge in [0, 0.05) is 34.9 Å². The van der Waals surface area contributed by atoms with Gasteiger partial charge in [-0.3, -0.25) is 14.4 Å². The standard InChI is InChI=1S/C43H48N2O4/c46-40-34(42(48)44(30-16-4-1-5-17-30)36-26-24-28-14-10-12-20-32(28)38(36)40)22-8-3-9-23-35-41(47)39-33-21-13-11-15-29(33)25-27-37(39)45(43(35)49)31-18-6-2-7-19-31/h1-9,16-19,22-23,28-29,32-33,36-39,46H,10-15,20-21,24-27H2/p-1/b9-3?,22-8?,35-23-. The van der Waals surface area contributed by atoms with Gasteiger partial charge in [-0.1, -0.05) is 99.2 Å². The van der Waals surface area contributed by atoms with Gasteiger partial charge in [-0.25, -0.2) is 0 Å². The second-order valence-electron chi connectivity index (χ2n) is 15.2. The van der Waals surface area contributed by atoms with Crippen LogP contribution in [0, 0.1) is 35.5 Å². The van der Waals surface area contributed by atoms with Crippen LogP contribution in [0.5, 0.6) is 0 Å². The van der Waals surface area contributed by atoms with Gasteiger partial charge in [0.05, 0.1) is 5.57 Å². The van der Waals surface area contributed by atoms with Crippen LogP contribution in [0.4, 0.5) is 11.4 Å². The van der Waals surface area contributed by atoms with Gasteiger partial charge < -0.3 is 14.9 Å². The van der Waals surface area contributed by atoms with Gasteiger partial charge in [-0.2, -0.15) is 0 Å². The Hall–Kier alpha value is -4.19. The van der Waals surface area contributed by atoms with Crippen LogP contribution in [0.2, 0.25) is 0 Å². The molecule has 5 fully saturated rings. The summed E-state index contributed by atoms with van der Waals surface area (Å²) in [6, 6.07) is 19.3. The third-order valence-electron chi connectivity index (χ3n) is 12.9. The summed E-state index contributed by atoms with van der Waals surface area (Å²) in [5, 5.41) is 14.2. The highest BCUT2D eigenvalue weighted by atomic mass is 16.3. The van der Waals surface area contributed by atoms with E-state index in [2.05, 4.69) is 0 Å². The van der Waals surface area contributed by atoms with E-state index in [1.807, 2.05) is 70.5 Å². The second kappa shape index (κ2) is 13.6. The van der Waals surface area contributed by atoms with E-state index in [-0.39, 0.29) is 58.4 Å². The molecule has 0 radical (unpaired) electrons. The van der Waals surface area contributed by atoms with Crippen molar-refractivity contribution in [2.24, 2.45) is 35.5 Å². The Bertz CT molecular complexity index is 1710. The third kappa shape index (κ3) is 5.71. The fraction of sp³-hybridized carbons (Fsp3) is 0.465. The number of nitrogens with zero attached hydrogens (tertiary/aromatic N) is 2. The molecule has 8 atom stereocenters. The Kier molecular flexibility index (Phi) is 8.90. The van der Waals surface area contributed by atoms with E-state index in [4.69, 9.17) is 0 Å². The predicted octanol–water partition coefficient (Wildman–Crippen LogP) is 7.47. The monoisotopic (exact) mass is 655 g/mol. The number of hydrogen-bond donors (Lipinski definition) is 0. The number of carbonyl (C=O) groups excluding carboxylic acids is 3. The molecule has 6 nitrogen and oxygen atoms in total. The molecule has 2 aromatic rings. The van der Waals surface area contributed by atoms with Crippen molar-refractivity contribution in [1.82, 2.24) is 0 Å². The van der Waals surface area contributed by atoms with Crippen LogP contribution in [0.3, 0.4) is 0 Å². The molecule has 8 rings (SSSR count). The van der Waals surface area contributed by atoms with Crippen molar-refractivity contribution in [3.63, 3.8) is 0 Å². The van der Waals surface area contributed by atoms with Crippen LogP contribution in [-0.4, -0.2) is 29.7 Å². The lowest BCUT2D eigenvalue weighted by molar-refractivity contribution is -0.323. The number of Topliss-reactive ketones (excluding diaryl/α,β-unsaturated/α-hetero) is 1. The first-order chi connectivity index (χ1) is 24.0. The molecular weight excluding hydrogens is 608 g/mol. The highest BCUT2D eigenvalue weighted by molar-refractivity contribution is 6.27. The number of anilines is 2. The van der Waals surface area contributed by atoms with Crippen LogP contribution in [0.1, 0.15) is 77.0 Å². The number of piperidine rings is 1. The average Bonchev–Trinajstić information content (AvgIpc) is 3.14. The van der Waals surface area contributed by atoms with E-state index in [9.17, 15) is 19.5 Å². The first-order valence-corrected chi connectivity index (χ1v) is 18.8. The van der Waals surface area contributed by atoms with E-state index < -0.39 is 0 Å². The van der Waals surface area contributed by atoms with Crippen LogP contribution >= 0.6 is 0 Å². The fourth-order valence-corrected chi connectivity index (χ4v) is 10.8. The molecular formula is C43H47N2O4-. The van der Waals surface area contributed by atoms with Crippen molar-refractivity contribution in [2.45, 2.75) is 89.1 Å². The third-order valence-corrected chi connectivity index (χ3v) is 12.9. The number of amides is 2. The average molecular weight is 656 g/mol.